The smallest absolute Gasteiger partial charge is 0.211 e. The predicted molar refractivity (Wildman–Crippen MR) is 103 cm³/mol. The van der Waals surface area contributed by atoms with Gasteiger partial charge in [-0.05, 0) is 37.7 Å². The van der Waals surface area contributed by atoms with Crippen LogP contribution >= 0.6 is 0 Å². The molecule has 1 unspecified atom stereocenters. The molecule has 1 fully saturated rings. The first-order valence-electron chi connectivity index (χ1n) is 9.01. The lowest BCUT2D eigenvalue weighted by Crippen LogP contribution is -2.41. The molecule has 6 nitrogen and oxygen atoms in total. The molecule has 2 rings (SSSR count). The van der Waals surface area contributed by atoms with Crippen molar-refractivity contribution >= 4 is 16.0 Å². The Kier molecular flexibility index (Phi) is 7.71. The maximum Gasteiger partial charge on any atom is 0.211 e. The molecule has 1 atom stereocenters. The molecule has 0 amide bonds. The molecule has 1 aromatic rings. The van der Waals surface area contributed by atoms with E-state index in [0.717, 1.165) is 31.9 Å². The van der Waals surface area contributed by atoms with Crippen molar-refractivity contribution in [3.63, 3.8) is 0 Å². The van der Waals surface area contributed by atoms with E-state index >= 15 is 0 Å². The van der Waals surface area contributed by atoms with Crippen molar-refractivity contribution in [3.8, 4) is 0 Å². The standard InChI is InChI=1S/C18H30N4O2S/c1-3-25(23,24)21-12-7-11-20-18(19-2)22-13-10-17(15-22)14-16-8-5-4-6-9-16/h4-6,8-9,17,21H,3,7,10-15H2,1-2H3,(H,19,20). The van der Waals surface area contributed by atoms with Crippen LogP contribution in [-0.4, -0.2) is 58.3 Å². The van der Waals surface area contributed by atoms with E-state index in [0.29, 0.717) is 19.0 Å². The summed E-state index contributed by atoms with van der Waals surface area (Å²) in [6.45, 7) is 4.83. The summed E-state index contributed by atoms with van der Waals surface area (Å²) >= 11 is 0. The number of hydrogen-bond donors (Lipinski definition) is 2. The summed E-state index contributed by atoms with van der Waals surface area (Å²) in [6.07, 6.45) is 3.01. The van der Waals surface area contributed by atoms with Gasteiger partial charge in [0.2, 0.25) is 10.0 Å². The van der Waals surface area contributed by atoms with Gasteiger partial charge in [0.1, 0.15) is 0 Å². The van der Waals surface area contributed by atoms with Gasteiger partial charge in [0, 0.05) is 33.2 Å². The molecule has 7 heteroatoms. The van der Waals surface area contributed by atoms with Gasteiger partial charge >= 0.3 is 0 Å². The van der Waals surface area contributed by atoms with Gasteiger partial charge in [-0.25, -0.2) is 13.1 Å². The third-order valence-electron chi connectivity index (χ3n) is 4.50. The van der Waals surface area contributed by atoms with Gasteiger partial charge in [-0.2, -0.15) is 0 Å². The molecule has 1 saturated heterocycles. The molecule has 2 N–H and O–H groups in total. The van der Waals surface area contributed by atoms with Gasteiger partial charge in [0.15, 0.2) is 5.96 Å². The number of guanidine groups is 1. The predicted octanol–water partition coefficient (Wildman–Crippen LogP) is 1.46. The largest absolute Gasteiger partial charge is 0.356 e. The number of nitrogens with zero attached hydrogens (tertiary/aromatic N) is 2. The lowest BCUT2D eigenvalue weighted by Gasteiger charge is -2.21. The lowest BCUT2D eigenvalue weighted by molar-refractivity contribution is 0.459. The maximum absolute atomic E-state index is 11.4. The first-order chi connectivity index (χ1) is 12.0. The van der Waals surface area contributed by atoms with Crippen molar-refractivity contribution in [2.75, 3.05) is 39.0 Å². The van der Waals surface area contributed by atoms with Gasteiger partial charge in [-0.3, -0.25) is 4.99 Å². The average Bonchev–Trinajstić information content (AvgIpc) is 3.07. The topological polar surface area (TPSA) is 73.8 Å². The van der Waals surface area contributed by atoms with Crippen LogP contribution in [0.1, 0.15) is 25.3 Å². The van der Waals surface area contributed by atoms with Crippen LogP contribution in [0.3, 0.4) is 0 Å². The maximum atomic E-state index is 11.4. The van der Waals surface area contributed by atoms with E-state index in [1.807, 2.05) is 0 Å². The highest BCUT2D eigenvalue weighted by Crippen LogP contribution is 2.20. The molecule has 1 heterocycles. The summed E-state index contributed by atoms with van der Waals surface area (Å²) in [5.74, 6) is 1.69. The van der Waals surface area contributed by atoms with Gasteiger partial charge in [-0.1, -0.05) is 30.3 Å². The molecule has 0 spiro atoms. The molecule has 0 aromatic heterocycles. The highest BCUT2D eigenvalue weighted by atomic mass is 32.2. The number of rotatable bonds is 8. The van der Waals surface area contributed by atoms with E-state index in [1.165, 1.54) is 12.0 Å². The van der Waals surface area contributed by atoms with Gasteiger partial charge in [0.25, 0.3) is 0 Å². The Labute approximate surface area is 151 Å². The Balaban J connectivity index is 1.71. The molecular weight excluding hydrogens is 336 g/mol. The number of benzene rings is 1. The summed E-state index contributed by atoms with van der Waals surface area (Å²) in [7, 11) is -1.30. The van der Waals surface area contributed by atoms with Crippen LogP contribution < -0.4 is 10.0 Å². The Morgan fingerprint density at radius 3 is 2.72 bits per heavy atom. The fourth-order valence-corrected chi connectivity index (χ4v) is 3.75. The molecule has 0 aliphatic carbocycles. The quantitative estimate of drug-likeness (QED) is 0.415. The first-order valence-corrected chi connectivity index (χ1v) is 10.7. The van der Waals surface area contributed by atoms with E-state index in [4.69, 9.17) is 0 Å². The van der Waals surface area contributed by atoms with Gasteiger partial charge < -0.3 is 10.2 Å². The Morgan fingerprint density at radius 2 is 2.04 bits per heavy atom. The van der Waals surface area contributed by atoms with Crippen LogP contribution in [-0.2, 0) is 16.4 Å². The molecule has 1 aliphatic heterocycles. The highest BCUT2D eigenvalue weighted by molar-refractivity contribution is 7.89. The fraction of sp³-hybridized carbons (Fsp3) is 0.611. The number of aliphatic imine (C=N–C) groups is 1. The third-order valence-corrected chi connectivity index (χ3v) is 5.91. The van der Waals surface area contributed by atoms with Crippen LogP contribution in [0, 0.1) is 5.92 Å². The molecular formula is C18H30N4O2S. The van der Waals surface area contributed by atoms with Crippen LogP contribution in [0.25, 0.3) is 0 Å². The van der Waals surface area contributed by atoms with Gasteiger partial charge in [-0.15, -0.1) is 0 Å². The zero-order valence-corrected chi connectivity index (χ0v) is 16.1. The fourth-order valence-electron chi connectivity index (χ4n) is 3.09. The van der Waals surface area contributed by atoms with Crippen LogP contribution in [0.2, 0.25) is 0 Å². The Bertz CT molecular complexity index is 646. The van der Waals surface area contributed by atoms with Crippen LogP contribution in [0.5, 0.6) is 0 Å². The van der Waals surface area contributed by atoms with Gasteiger partial charge in [0.05, 0.1) is 5.75 Å². The molecule has 0 radical (unpaired) electrons. The van der Waals surface area contributed by atoms with E-state index in [-0.39, 0.29) is 5.75 Å². The van der Waals surface area contributed by atoms with E-state index in [2.05, 4.69) is 50.3 Å². The average molecular weight is 367 g/mol. The number of nitrogens with one attached hydrogen (secondary N) is 2. The van der Waals surface area contributed by atoms with Crippen molar-refractivity contribution in [2.45, 2.75) is 26.2 Å². The second-order valence-electron chi connectivity index (χ2n) is 6.42. The van der Waals surface area contributed by atoms with E-state index < -0.39 is 10.0 Å². The molecule has 140 valence electrons. The third kappa shape index (κ3) is 6.66. The Hall–Kier alpha value is -1.60. The number of likely N-dealkylation sites (tertiary alicyclic amines) is 1. The zero-order valence-electron chi connectivity index (χ0n) is 15.2. The Morgan fingerprint density at radius 1 is 1.28 bits per heavy atom. The van der Waals surface area contributed by atoms with Crippen molar-refractivity contribution in [3.05, 3.63) is 35.9 Å². The summed E-state index contributed by atoms with van der Waals surface area (Å²) in [5.41, 5.74) is 1.39. The molecule has 0 bridgehead atoms. The molecule has 1 aromatic carbocycles. The van der Waals surface area contributed by atoms with Crippen LogP contribution in [0.15, 0.2) is 35.3 Å². The van der Waals surface area contributed by atoms with Crippen molar-refractivity contribution in [1.29, 1.82) is 0 Å². The van der Waals surface area contributed by atoms with Crippen molar-refractivity contribution in [2.24, 2.45) is 10.9 Å². The monoisotopic (exact) mass is 366 g/mol. The highest BCUT2D eigenvalue weighted by Gasteiger charge is 2.24. The molecule has 25 heavy (non-hydrogen) atoms. The zero-order chi connectivity index (χ0) is 18.1. The van der Waals surface area contributed by atoms with E-state index in [9.17, 15) is 8.42 Å². The number of sulfonamides is 1. The summed E-state index contributed by atoms with van der Waals surface area (Å²) < 4.78 is 25.4. The molecule has 0 saturated carbocycles. The summed E-state index contributed by atoms with van der Waals surface area (Å²) in [5, 5.41) is 3.34. The van der Waals surface area contributed by atoms with Crippen LogP contribution in [0.4, 0.5) is 0 Å². The summed E-state index contributed by atoms with van der Waals surface area (Å²) in [4.78, 5) is 6.66. The minimum atomic E-state index is -3.10. The normalized spacial score (nSPS) is 18.6. The minimum absolute atomic E-state index is 0.124. The second-order valence-corrected chi connectivity index (χ2v) is 8.51. The second kappa shape index (κ2) is 9.77. The first kappa shape index (κ1) is 19.7. The number of hydrogen-bond acceptors (Lipinski definition) is 3. The summed E-state index contributed by atoms with van der Waals surface area (Å²) in [6, 6.07) is 10.6. The van der Waals surface area contributed by atoms with Crippen molar-refractivity contribution in [1.82, 2.24) is 14.9 Å². The lowest BCUT2D eigenvalue weighted by atomic mass is 9.99. The molecule has 1 aliphatic rings. The van der Waals surface area contributed by atoms with E-state index in [1.54, 1.807) is 14.0 Å². The van der Waals surface area contributed by atoms with Crippen molar-refractivity contribution < 1.29 is 8.42 Å². The minimum Gasteiger partial charge on any atom is -0.356 e. The SMILES string of the molecule is CCS(=O)(=O)NCCCNC(=NC)N1CCC(Cc2ccccc2)C1.